The van der Waals surface area contributed by atoms with Crippen LogP contribution in [-0.4, -0.2) is 56.2 Å². The van der Waals surface area contributed by atoms with Gasteiger partial charge in [0.25, 0.3) is 0 Å². The Hall–Kier alpha value is -1.10. The summed E-state index contributed by atoms with van der Waals surface area (Å²) in [6.45, 7) is 4.35. The van der Waals surface area contributed by atoms with Crippen molar-refractivity contribution in [1.29, 1.82) is 0 Å². The fourth-order valence-electron chi connectivity index (χ4n) is 3.44. The number of hydrogen-bond acceptors (Lipinski definition) is 4. The maximum Gasteiger partial charge on any atom is 0.119 e. The number of rotatable bonds is 6. The van der Waals surface area contributed by atoms with Crippen molar-refractivity contribution in [1.82, 2.24) is 9.80 Å². The second-order valence-electron chi connectivity index (χ2n) is 6.30. The summed E-state index contributed by atoms with van der Waals surface area (Å²) in [6.07, 6.45) is 2.58. The quantitative estimate of drug-likeness (QED) is 0.871. The van der Waals surface area contributed by atoms with Crippen LogP contribution in [0.15, 0.2) is 24.3 Å². The van der Waals surface area contributed by atoms with E-state index < -0.39 is 0 Å². The Bertz CT molecular complexity index is 449. The number of ether oxygens (including phenoxy) is 1. The normalized spacial score (nSPS) is 22.5. The molecule has 0 aromatic heterocycles. The van der Waals surface area contributed by atoms with E-state index in [0.29, 0.717) is 6.04 Å². The molecule has 2 N–H and O–H groups in total. The van der Waals surface area contributed by atoms with Gasteiger partial charge in [0, 0.05) is 24.7 Å². The molecule has 1 aromatic carbocycles. The Morgan fingerprint density at radius 3 is 2.81 bits per heavy atom. The molecule has 0 radical (unpaired) electrons. The third kappa shape index (κ3) is 3.96. The highest BCUT2D eigenvalue weighted by atomic mass is 16.5. The minimum Gasteiger partial charge on any atom is -0.497 e. The predicted octanol–water partition coefficient (Wildman–Crippen LogP) is 2.11. The van der Waals surface area contributed by atoms with Gasteiger partial charge in [-0.15, -0.1) is 0 Å². The summed E-state index contributed by atoms with van der Waals surface area (Å²) in [4.78, 5) is 4.85. The summed E-state index contributed by atoms with van der Waals surface area (Å²) in [5.41, 5.74) is 7.50. The van der Waals surface area contributed by atoms with Gasteiger partial charge >= 0.3 is 0 Å². The maximum absolute atomic E-state index is 6.27. The molecule has 0 bridgehead atoms. The van der Waals surface area contributed by atoms with Gasteiger partial charge in [0.05, 0.1) is 7.11 Å². The van der Waals surface area contributed by atoms with Gasteiger partial charge in [-0.3, -0.25) is 4.90 Å². The van der Waals surface area contributed by atoms with E-state index in [4.69, 9.17) is 10.5 Å². The molecule has 2 rings (SSSR count). The van der Waals surface area contributed by atoms with Crippen LogP contribution in [0.1, 0.15) is 31.4 Å². The Balaban J connectivity index is 2.13. The van der Waals surface area contributed by atoms with E-state index in [1.54, 1.807) is 7.11 Å². The molecule has 0 spiro atoms. The zero-order valence-electron chi connectivity index (χ0n) is 13.7. The zero-order chi connectivity index (χ0) is 15.4. The molecule has 0 saturated carbocycles. The Morgan fingerprint density at radius 1 is 1.48 bits per heavy atom. The lowest BCUT2D eigenvalue weighted by atomic mass is 9.98. The molecule has 1 aromatic rings. The molecular formula is C17H29N3O. The van der Waals surface area contributed by atoms with E-state index in [-0.39, 0.29) is 12.1 Å². The van der Waals surface area contributed by atoms with Crippen LogP contribution in [0.4, 0.5) is 0 Å². The van der Waals surface area contributed by atoms with Gasteiger partial charge in [-0.05, 0) is 58.1 Å². The second-order valence-corrected chi connectivity index (χ2v) is 6.30. The SMILES string of the molecule is COc1cccc(C(C(C)N)N(C)CC2CCCN2C)c1. The lowest BCUT2D eigenvalue weighted by Crippen LogP contribution is -2.43. The van der Waals surface area contributed by atoms with Gasteiger partial charge in [0.15, 0.2) is 0 Å². The van der Waals surface area contributed by atoms with Crippen LogP contribution in [0, 0.1) is 0 Å². The topological polar surface area (TPSA) is 41.7 Å². The first kappa shape index (κ1) is 16.3. The molecule has 21 heavy (non-hydrogen) atoms. The van der Waals surface area contributed by atoms with E-state index in [1.807, 2.05) is 12.1 Å². The fraction of sp³-hybridized carbons (Fsp3) is 0.647. The molecule has 0 amide bonds. The average molecular weight is 291 g/mol. The molecule has 4 nitrogen and oxygen atoms in total. The lowest BCUT2D eigenvalue weighted by molar-refractivity contribution is 0.162. The summed E-state index contributed by atoms with van der Waals surface area (Å²) in [7, 11) is 6.11. The van der Waals surface area contributed by atoms with Crippen molar-refractivity contribution in [2.75, 3.05) is 34.3 Å². The van der Waals surface area contributed by atoms with Crippen molar-refractivity contribution in [3.05, 3.63) is 29.8 Å². The molecule has 0 aliphatic carbocycles. The van der Waals surface area contributed by atoms with Crippen molar-refractivity contribution in [2.24, 2.45) is 5.73 Å². The van der Waals surface area contributed by atoms with Gasteiger partial charge in [-0.2, -0.15) is 0 Å². The Labute approximate surface area is 128 Å². The van der Waals surface area contributed by atoms with Crippen molar-refractivity contribution < 1.29 is 4.74 Å². The summed E-state index contributed by atoms with van der Waals surface area (Å²) in [5.74, 6) is 0.893. The van der Waals surface area contributed by atoms with Crippen molar-refractivity contribution in [3.8, 4) is 5.75 Å². The van der Waals surface area contributed by atoms with Crippen molar-refractivity contribution in [2.45, 2.75) is 37.9 Å². The van der Waals surface area contributed by atoms with Crippen LogP contribution >= 0.6 is 0 Å². The number of nitrogens with zero attached hydrogens (tertiary/aromatic N) is 2. The van der Waals surface area contributed by atoms with E-state index >= 15 is 0 Å². The number of hydrogen-bond donors (Lipinski definition) is 1. The highest BCUT2D eigenvalue weighted by Gasteiger charge is 2.27. The molecule has 1 saturated heterocycles. The summed E-state index contributed by atoms with van der Waals surface area (Å²) >= 11 is 0. The van der Waals surface area contributed by atoms with Crippen LogP contribution in [0.25, 0.3) is 0 Å². The first-order valence-electron chi connectivity index (χ1n) is 7.83. The summed E-state index contributed by atoms with van der Waals surface area (Å²) < 4.78 is 5.35. The molecule has 1 heterocycles. The number of likely N-dealkylation sites (tertiary alicyclic amines) is 1. The molecule has 3 unspecified atom stereocenters. The van der Waals surface area contributed by atoms with Crippen LogP contribution in [0.3, 0.4) is 0 Å². The number of nitrogens with two attached hydrogens (primary N) is 1. The van der Waals surface area contributed by atoms with E-state index in [1.165, 1.54) is 24.9 Å². The van der Waals surface area contributed by atoms with E-state index in [9.17, 15) is 0 Å². The van der Waals surface area contributed by atoms with Crippen LogP contribution in [0.2, 0.25) is 0 Å². The van der Waals surface area contributed by atoms with Crippen LogP contribution in [-0.2, 0) is 0 Å². The molecule has 3 atom stereocenters. The minimum absolute atomic E-state index is 0.0776. The second kappa shape index (κ2) is 7.25. The maximum atomic E-state index is 6.27. The molecule has 1 aliphatic rings. The monoisotopic (exact) mass is 291 g/mol. The van der Waals surface area contributed by atoms with E-state index in [2.05, 4.69) is 43.0 Å². The van der Waals surface area contributed by atoms with Gasteiger partial charge in [0.2, 0.25) is 0 Å². The Kier molecular flexibility index (Phi) is 5.62. The lowest BCUT2D eigenvalue weighted by Gasteiger charge is -2.35. The number of likely N-dealkylation sites (N-methyl/N-ethyl adjacent to an activating group) is 2. The third-order valence-electron chi connectivity index (χ3n) is 4.58. The summed E-state index contributed by atoms with van der Waals surface area (Å²) in [5, 5.41) is 0. The number of benzene rings is 1. The number of methoxy groups -OCH3 is 1. The van der Waals surface area contributed by atoms with E-state index in [0.717, 1.165) is 12.3 Å². The van der Waals surface area contributed by atoms with Gasteiger partial charge in [0.1, 0.15) is 5.75 Å². The molecule has 1 fully saturated rings. The molecule has 4 heteroatoms. The fourth-order valence-corrected chi connectivity index (χ4v) is 3.44. The predicted molar refractivity (Wildman–Crippen MR) is 87.7 cm³/mol. The van der Waals surface area contributed by atoms with Crippen molar-refractivity contribution in [3.63, 3.8) is 0 Å². The highest BCUT2D eigenvalue weighted by Crippen LogP contribution is 2.27. The largest absolute Gasteiger partial charge is 0.497 e. The van der Waals surface area contributed by atoms with Gasteiger partial charge in [-0.1, -0.05) is 12.1 Å². The van der Waals surface area contributed by atoms with Gasteiger partial charge in [-0.25, -0.2) is 0 Å². The summed E-state index contributed by atoms with van der Waals surface area (Å²) in [6, 6.07) is 9.20. The first-order chi connectivity index (χ1) is 10.0. The smallest absolute Gasteiger partial charge is 0.119 e. The van der Waals surface area contributed by atoms with Crippen LogP contribution in [0.5, 0.6) is 5.75 Å². The Morgan fingerprint density at radius 2 is 2.24 bits per heavy atom. The third-order valence-corrected chi connectivity index (χ3v) is 4.58. The molecule has 118 valence electrons. The average Bonchev–Trinajstić information content (AvgIpc) is 2.84. The van der Waals surface area contributed by atoms with Crippen molar-refractivity contribution >= 4 is 0 Å². The van der Waals surface area contributed by atoms with Gasteiger partial charge < -0.3 is 15.4 Å². The minimum atomic E-state index is 0.0776. The first-order valence-corrected chi connectivity index (χ1v) is 7.83. The molecule has 1 aliphatic heterocycles. The zero-order valence-corrected chi connectivity index (χ0v) is 13.7. The standard InChI is InChI=1S/C17H29N3O/c1-13(18)17(14-7-5-9-16(11-14)21-4)20(3)12-15-8-6-10-19(15)2/h5,7,9,11,13,15,17H,6,8,10,12,18H2,1-4H3. The highest BCUT2D eigenvalue weighted by molar-refractivity contribution is 5.31. The van der Waals surface area contributed by atoms with Crippen LogP contribution < -0.4 is 10.5 Å². The molecular weight excluding hydrogens is 262 g/mol.